The van der Waals surface area contributed by atoms with Gasteiger partial charge in [0.15, 0.2) is 0 Å². The summed E-state index contributed by atoms with van der Waals surface area (Å²) >= 11 is 0. The van der Waals surface area contributed by atoms with Crippen LogP contribution in [0.5, 0.6) is 0 Å². The molecule has 0 bridgehead atoms. The molecule has 0 N–H and O–H groups in total. The van der Waals surface area contributed by atoms with Crippen molar-refractivity contribution in [3.8, 4) is 0 Å². The van der Waals surface area contributed by atoms with Gasteiger partial charge in [0.2, 0.25) is 10.5 Å². The maximum Gasteiger partial charge on any atom is 0.248 e. The number of rotatable bonds is 5. The van der Waals surface area contributed by atoms with E-state index < -0.39 is 5.60 Å². The van der Waals surface area contributed by atoms with Gasteiger partial charge in [-0.05, 0) is 17.0 Å². The quantitative estimate of drug-likeness (QED) is 0.742. The fourth-order valence-corrected chi connectivity index (χ4v) is 3.05. The maximum absolute atomic E-state index is 5.87. The third-order valence-corrected chi connectivity index (χ3v) is 4.19. The Morgan fingerprint density at radius 2 is 1.37 bits per heavy atom. The summed E-state index contributed by atoms with van der Waals surface area (Å²) in [6, 6.07) is 20.8. The molecule has 0 aliphatic heterocycles. The molecule has 0 aliphatic carbocycles. The Balaban J connectivity index is 2.62. The summed E-state index contributed by atoms with van der Waals surface area (Å²) in [6.45, 7) is 4.41. The minimum Gasteiger partial charge on any atom is -0.405 e. The van der Waals surface area contributed by atoms with E-state index in [4.69, 9.17) is 4.43 Å². The van der Waals surface area contributed by atoms with Crippen LogP contribution in [0.2, 0.25) is 0 Å². The second-order valence-electron chi connectivity index (χ2n) is 4.88. The second kappa shape index (κ2) is 6.18. The van der Waals surface area contributed by atoms with Crippen LogP contribution in [-0.4, -0.2) is 10.5 Å². The zero-order chi connectivity index (χ0) is 13.7. The van der Waals surface area contributed by atoms with Crippen LogP contribution in [0.15, 0.2) is 60.7 Å². The highest BCUT2D eigenvalue weighted by atomic mass is 28.2. The first kappa shape index (κ1) is 14.0. The van der Waals surface area contributed by atoms with Crippen molar-refractivity contribution in [1.29, 1.82) is 0 Å². The summed E-state index contributed by atoms with van der Waals surface area (Å²) in [5.74, 6) is 0.356. The lowest BCUT2D eigenvalue weighted by Gasteiger charge is -2.39. The first-order chi connectivity index (χ1) is 9.25. The topological polar surface area (TPSA) is 9.23 Å². The molecule has 1 unspecified atom stereocenters. The second-order valence-corrected chi connectivity index (χ2v) is 5.08. The van der Waals surface area contributed by atoms with Crippen molar-refractivity contribution in [2.24, 2.45) is 5.92 Å². The molecule has 1 atom stereocenters. The smallest absolute Gasteiger partial charge is 0.248 e. The normalized spacial score (nSPS) is 13.2. The van der Waals surface area contributed by atoms with E-state index in [9.17, 15) is 0 Å². The van der Waals surface area contributed by atoms with Crippen molar-refractivity contribution in [2.75, 3.05) is 0 Å². The van der Waals surface area contributed by atoms with Gasteiger partial charge < -0.3 is 4.43 Å². The summed E-state index contributed by atoms with van der Waals surface area (Å²) in [5.41, 5.74) is 1.89. The van der Waals surface area contributed by atoms with E-state index in [0.29, 0.717) is 5.92 Å². The molecule has 0 fully saturated rings. The van der Waals surface area contributed by atoms with Gasteiger partial charge in [0, 0.05) is 0 Å². The molecule has 2 aromatic rings. The molecule has 97 valence electrons. The van der Waals surface area contributed by atoms with Crippen molar-refractivity contribution >= 4 is 10.5 Å². The van der Waals surface area contributed by atoms with Gasteiger partial charge >= 0.3 is 0 Å². The lowest BCUT2D eigenvalue weighted by atomic mass is 9.76. The summed E-state index contributed by atoms with van der Waals surface area (Å²) in [7, 11) is 3.34. The van der Waals surface area contributed by atoms with Gasteiger partial charge in [-0.1, -0.05) is 80.9 Å². The summed E-state index contributed by atoms with van der Waals surface area (Å²) < 4.78 is 5.87. The van der Waals surface area contributed by atoms with E-state index in [1.54, 1.807) is 0 Å². The van der Waals surface area contributed by atoms with Crippen molar-refractivity contribution in [1.82, 2.24) is 0 Å². The van der Waals surface area contributed by atoms with E-state index in [2.05, 4.69) is 72.9 Å². The SMILES string of the molecule is CCC(C)C(O[Si])(c1ccccc1)c1ccccc1. The zero-order valence-corrected chi connectivity index (χ0v) is 12.5. The van der Waals surface area contributed by atoms with Crippen molar-refractivity contribution in [3.63, 3.8) is 0 Å². The molecule has 0 heterocycles. The third kappa shape index (κ3) is 2.51. The van der Waals surface area contributed by atoms with Crippen LogP contribution in [0.3, 0.4) is 0 Å². The maximum atomic E-state index is 5.87. The van der Waals surface area contributed by atoms with E-state index in [0.717, 1.165) is 6.42 Å². The van der Waals surface area contributed by atoms with Crippen LogP contribution < -0.4 is 0 Å². The Morgan fingerprint density at radius 1 is 0.947 bits per heavy atom. The van der Waals surface area contributed by atoms with E-state index >= 15 is 0 Å². The number of benzene rings is 2. The Labute approximate surface area is 119 Å². The lowest BCUT2D eigenvalue weighted by molar-refractivity contribution is 0.0598. The highest BCUT2D eigenvalue weighted by Gasteiger charge is 2.38. The molecule has 2 rings (SSSR count). The molecule has 3 radical (unpaired) electrons. The van der Waals surface area contributed by atoms with E-state index in [1.165, 1.54) is 11.1 Å². The standard InChI is InChI=1S/C17H19OSi/c1-3-14(2)17(18-19,15-10-6-4-7-11-15)16-12-8-5-9-13-16/h4-14H,3H2,1-2H3. The van der Waals surface area contributed by atoms with Crippen molar-refractivity contribution < 1.29 is 4.43 Å². The molecule has 0 aromatic heterocycles. The van der Waals surface area contributed by atoms with Gasteiger partial charge in [0.1, 0.15) is 5.60 Å². The van der Waals surface area contributed by atoms with Gasteiger partial charge in [-0.3, -0.25) is 0 Å². The molecule has 0 saturated carbocycles. The predicted molar refractivity (Wildman–Crippen MR) is 80.0 cm³/mol. The van der Waals surface area contributed by atoms with Crippen LogP contribution in [-0.2, 0) is 10.0 Å². The highest BCUT2D eigenvalue weighted by molar-refractivity contribution is 5.98. The zero-order valence-electron chi connectivity index (χ0n) is 11.5. The lowest BCUT2D eigenvalue weighted by Crippen LogP contribution is -2.37. The fourth-order valence-electron chi connectivity index (χ4n) is 2.61. The Morgan fingerprint density at radius 3 is 1.68 bits per heavy atom. The molecular formula is C17H19OSi. The number of hydrogen-bond acceptors (Lipinski definition) is 1. The summed E-state index contributed by atoms with van der Waals surface area (Å²) in [4.78, 5) is 0. The summed E-state index contributed by atoms with van der Waals surface area (Å²) in [6.07, 6.45) is 1.04. The van der Waals surface area contributed by atoms with Gasteiger partial charge in [-0.2, -0.15) is 0 Å². The fraction of sp³-hybridized carbons (Fsp3) is 0.294. The first-order valence-corrected chi connectivity index (χ1v) is 7.12. The van der Waals surface area contributed by atoms with Gasteiger partial charge in [0.25, 0.3) is 0 Å². The van der Waals surface area contributed by atoms with Crippen LogP contribution >= 0.6 is 0 Å². The molecule has 0 saturated heterocycles. The summed E-state index contributed by atoms with van der Waals surface area (Å²) in [5, 5.41) is 0. The molecule has 1 nitrogen and oxygen atoms in total. The van der Waals surface area contributed by atoms with Crippen LogP contribution in [0.25, 0.3) is 0 Å². The van der Waals surface area contributed by atoms with Crippen LogP contribution in [0.4, 0.5) is 0 Å². The van der Waals surface area contributed by atoms with Gasteiger partial charge in [-0.25, -0.2) is 0 Å². The van der Waals surface area contributed by atoms with Crippen LogP contribution in [0.1, 0.15) is 31.4 Å². The molecule has 19 heavy (non-hydrogen) atoms. The Hall–Kier alpha value is -1.38. The first-order valence-electron chi connectivity index (χ1n) is 6.71. The third-order valence-electron chi connectivity index (χ3n) is 3.87. The Bertz CT molecular complexity index is 456. The largest absolute Gasteiger partial charge is 0.405 e. The number of hydrogen-bond donors (Lipinski definition) is 0. The predicted octanol–water partition coefficient (Wildman–Crippen LogP) is 4.08. The van der Waals surface area contributed by atoms with E-state index in [-0.39, 0.29) is 0 Å². The molecule has 0 aliphatic rings. The van der Waals surface area contributed by atoms with Crippen molar-refractivity contribution in [3.05, 3.63) is 71.8 Å². The van der Waals surface area contributed by atoms with Crippen LogP contribution in [0, 0.1) is 5.92 Å². The molecule has 0 spiro atoms. The minimum absolute atomic E-state index is 0.356. The average Bonchev–Trinajstić information content (AvgIpc) is 2.50. The monoisotopic (exact) mass is 267 g/mol. The minimum atomic E-state index is -0.450. The molecule has 0 amide bonds. The average molecular weight is 267 g/mol. The Kier molecular flexibility index (Phi) is 4.56. The van der Waals surface area contributed by atoms with Gasteiger partial charge in [0.05, 0.1) is 0 Å². The molecular weight excluding hydrogens is 248 g/mol. The van der Waals surface area contributed by atoms with E-state index in [1.807, 2.05) is 12.1 Å². The van der Waals surface area contributed by atoms with Gasteiger partial charge in [-0.15, -0.1) is 0 Å². The molecule has 2 heteroatoms. The highest BCUT2D eigenvalue weighted by Crippen LogP contribution is 2.41. The van der Waals surface area contributed by atoms with Crippen molar-refractivity contribution in [2.45, 2.75) is 25.9 Å². The molecule has 2 aromatic carbocycles.